The molecule has 3 N–H and O–H groups in total. The highest BCUT2D eigenvalue weighted by molar-refractivity contribution is 9.10. The average Bonchev–Trinajstić information content (AvgIpc) is 2.67. The number of halogens is 1. The SMILES string of the molecule is CC(C)CC(CC(C)C)Nc1cc2[nH]c(=O)[nH]c2cc1Br. The van der Waals surface area contributed by atoms with Crippen molar-refractivity contribution < 1.29 is 0 Å². The molecule has 116 valence electrons. The molecule has 1 aromatic heterocycles. The fraction of sp³-hybridized carbons (Fsp3) is 0.562. The Bertz CT molecular complexity index is 647. The fourth-order valence-corrected chi connectivity index (χ4v) is 3.20. The fourth-order valence-electron chi connectivity index (χ4n) is 2.74. The number of aromatic nitrogens is 2. The summed E-state index contributed by atoms with van der Waals surface area (Å²) in [5, 5.41) is 3.63. The smallest absolute Gasteiger partial charge is 0.323 e. The molecule has 5 heteroatoms. The quantitative estimate of drug-likeness (QED) is 0.716. The third-order valence-electron chi connectivity index (χ3n) is 3.48. The monoisotopic (exact) mass is 353 g/mol. The van der Waals surface area contributed by atoms with Crippen LogP contribution in [0.1, 0.15) is 40.5 Å². The van der Waals surface area contributed by atoms with Gasteiger partial charge in [0.15, 0.2) is 0 Å². The zero-order chi connectivity index (χ0) is 15.6. The van der Waals surface area contributed by atoms with E-state index in [1.54, 1.807) is 0 Å². The number of nitrogens with one attached hydrogen (secondary N) is 3. The first-order chi connectivity index (χ1) is 9.85. The van der Waals surface area contributed by atoms with Crippen molar-refractivity contribution in [3.8, 4) is 0 Å². The Hall–Kier alpha value is -1.23. The summed E-state index contributed by atoms with van der Waals surface area (Å²) in [5.74, 6) is 1.30. The molecule has 1 aromatic carbocycles. The molecule has 0 radical (unpaired) electrons. The van der Waals surface area contributed by atoms with Gasteiger partial charge in [0.25, 0.3) is 0 Å². The second-order valence-corrected chi connectivity index (χ2v) is 7.41. The zero-order valence-corrected chi connectivity index (χ0v) is 14.7. The van der Waals surface area contributed by atoms with Crippen LogP contribution in [0.25, 0.3) is 11.0 Å². The van der Waals surface area contributed by atoms with Crippen LogP contribution >= 0.6 is 15.9 Å². The highest BCUT2D eigenvalue weighted by Gasteiger charge is 2.15. The van der Waals surface area contributed by atoms with E-state index < -0.39 is 0 Å². The van der Waals surface area contributed by atoms with Crippen molar-refractivity contribution >= 4 is 32.7 Å². The van der Waals surface area contributed by atoms with Gasteiger partial charge < -0.3 is 15.3 Å². The van der Waals surface area contributed by atoms with E-state index in [0.29, 0.717) is 17.9 Å². The van der Waals surface area contributed by atoms with E-state index in [0.717, 1.165) is 34.0 Å². The summed E-state index contributed by atoms with van der Waals surface area (Å²) in [6.07, 6.45) is 2.26. The molecule has 0 amide bonds. The van der Waals surface area contributed by atoms with Crippen LogP contribution in [0.5, 0.6) is 0 Å². The van der Waals surface area contributed by atoms with E-state index in [-0.39, 0.29) is 5.69 Å². The molecule has 0 aliphatic carbocycles. The first-order valence-electron chi connectivity index (χ1n) is 7.53. The minimum Gasteiger partial charge on any atom is -0.381 e. The Labute approximate surface area is 133 Å². The third-order valence-corrected chi connectivity index (χ3v) is 4.13. The number of H-pyrrole nitrogens is 2. The summed E-state index contributed by atoms with van der Waals surface area (Å²) in [6, 6.07) is 4.37. The molecular weight excluding hydrogens is 330 g/mol. The van der Waals surface area contributed by atoms with Gasteiger partial charge in [-0.25, -0.2) is 4.79 Å². The lowest BCUT2D eigenvalue weighted by Gasteiger charge is -2.24. The number of benzene rings is 1. The molecule has 0 aliphatic heterocycles. The predicted molar refractivity (Wildman–Crippen MR) is 92.9 cm³/mol. The summed E-state index contributed by atoms with van der Waals surface area (Å²) in [6.45, 7) is 8.99. The van der Waals surface area contributed by atoms with Crippen LogP contribution in [-0.4, -0.2) is 16.0 Å². The summed E-state index contributed by atoms with van der Waals surface area (Å²) >= 11 is 3.59. The van der Waals surface area contributed by atoms with Gasteiger partial charge in [0.05, 0.1) is 16.7 Å². The van der Waals surface area contributed by atoms with Crippen molar-refractivity contribution in [3.63, 3.8) is 0 Å². The predicted octanol–water partition coefficient (Wildman–Crippen LogP) is 4.49. The Kier molecular flexibility index (Phi) is 5.14. The minimum atomic E-state index is -0.171. The van der Waals surface area contributed by atoms with E-state index in [2.05, 4.69) is 58.9 Å². The van der Waals surface area contributed by atoms with Crippen LogP contribution in [0.15, 0.2) is 21.4 Å². The number of aromatic amines is 2. The molecule has 0 fully saturated rings. The lowest BCUT2D eigenvalue weighted by atomic mass is 9.95. The lowest BCUT2D eigenvalue weighted by molar-refractivity contribution is 0.442. The van der Waals surface area contributed by atoms with Gasteiger partial charge in [-0.05, 0) is 52.7 Å². The topological polar surface area (TPSA) is 60.7 Å². The minimum absolute atomic E-state index is 0.171. The van der Waals surface area contributed by atoms with Crippen LogP contribution in [0.3, 0.4) is 0 Å². The van der Waals surface area contributed by atoms with Crippen molar-refractivity contribution in [2.75, 3.05) is 5.32 Å². The maximum Gasteiger partial charge on any atom is 0.323 e. The largest absolute Gasteiger partial charge is 0.381 e. The van der Waals surface area contributed by atoms with Gasteiger partial charge in [0, 0.05) is 10.5 Å². The molecule has 0 saturated carbocycles. The van der Waals surface area contributed by atoms with E-state index in [1.807, 2.05) is 12.1 Å². The molecule has 4 nitrogen and oxygen atoms in total. The van der Waals surface area contributed by atoms with Crippen molar-refractivity contribution in [1.82, 2.24) is 9.97 Å². The summed E-state index contributed by atoms with van der Waals surface area (Å²) in [5.41, 5.74) is 2.51. The van der Waals surface area contributed by atoms with Crippen molar-refractivity contribution in [3.05, 3.63) is 27.1 Å². The highest BCUT2D eigenvalue weighted by Crippen LogP contribution is 2.29. The maximum absolute atomic E-state index is 11.4. The normalized spacial score (nSPS) is 12.0. The summed E-state index contributed by atoms with van der Waals surface area (Å²) < 4.78 is 0.975. The summed E-state index contributed by atoms with van der Waals surface area (Å²) in [7, 11) is 0. The number of anilines is 1. The maximum atomic E-state index is 11.4. The Balaban J connectivity index is 2.26. The Morgan fingerprint density at radius 3 is 2.10 bits per heavy atom. The molecule has 0 saturated heterocycles. The van der Waals surface area contributed by atoms with Crippen molar-refractivity contribution in [2.24, 2.45) is 11.8 Å². The number of fused-ring (bicyclic) bond motifs is 1. The van der Waals surface area contributed by atoms with Gasteiger partial charge in [-0.3, -0.25) is 0 Å². The highest BCUT2D eigenvalue weighted by atomic mass is 79.9. The first-order valence-corrected chi connectivity index (χ1v) is 8.32. The third kappa shape index (κ3) is 4.37. The number of hydrogen-bond donors (Lipinski definition) is 3. The van der Waals surface area contributed by atoms with E-state index in [4.69, 9.17) is 0 Å². The first kappa shape index (κ1) is 16.1. The van der Waals surface area contributed by atoms with Gasteiger partial charge in [-0.1, -0.05) is 27.7 Å². The molecule has 0 spiro atoms. The molecule has 1 heterocycles. The molecular formula is C16H24BrN3O. The van der Waals surface area contributed by atoms with Crippen LogP contribution in [-0.2, 0) is 0 Å². The number of imidazole rings is 1. The van der Waals surface area contributed by atoms with Crippen molar-refractivity contribution in [2.45, 2.75) is 46.6 Å². The van der Waals surface area contributed by atoms with Gasteiger partial charge in [0.2, 0.25) is 0 Å². The number of rotatable bonds is 6. The summed E-state index contributed by atoms with van der Waals surface area (Å²) in [4.78, 5) is 17.0. The molecule has 0 unspecified atom stereocenters. The second kappa shape index (κ2) is 6.69. The van der Waals surface area contributed by atoms with E-state index >= 15 is 0 Å². The van der Waals surface area contributed by atoms with Crippen LogP contribution in [0.2, 0.25) is 0 Å². The standard InChI is InChI=1S/C16H24BrN3O/c1-9(2)5-11(6-10(3)4)18-13-8-15-14(7-12(13)17)19-16(21)20-15/h7-11,18H,5-6H2,1-4H3,(H2,19,20,21). The lowest BCUT2D eigenvalue weighted by Crippen LogP contribution is -2.23. The van der Waals surface area contributed by atoms with Crippen LogP contribution in [0.4, 0.5) is 5.69 Å². The Morgan fingerprint density at radius 1 is 1.05 bits per heavy atom. The molecule has 0 atom stereocenters. The van der Waals surface area contributed by atoms with Gasteiger partial charge in [0.1, 0.15) is 0 Å². The van der Waals surface area contributed by atoms with Gasteiger partial charge >= 0.3 is 5.69 Å². The zero-order valence-electron chi connectivity index (χ0n) is 13.1. The molecule has 21 heavy (non-hydrogen) atoms. The Morgan fingerprint density at radius 2 is 1.57 bits per heavy atom. The molecule has 0 aliphatic rings. The van der Waals surface area contributed by atoms with Gasteiger partial charge in [-0.15, -0.1) is 0 Å². The van der Waals surface area contributed by atoms with E-state index in [1.165, 1.54) is 0 Å². The van der Waals surface area contributed by atoms with E-state index in [9.17, 15) is 4.79 Å². The molecule has 0 bridgehead atoms. The van der Waals surface area contributed by atoms with Crippen LogP contribution in [0, 0.1) is 11.8 Å². The number of hydrogen-bond acceptors (Lipinski definition) is 2. The molecule has 2 rings (SSSR count). The molecule has 2 aromatic rings. The average molecular weight is 354 g/mol. The van der Waals surface area contributed by atoms with Crippen molar-refractivity contribution in [1.29, 1.82) is 0 Å². The van der Waals surface area contributed by atoms with Gasteiger partial charge in [-0.2, -0.15) is 0 Å². The second-order valence-electron chi connectivity index (χ2n) is 6.56. The van der Waals surface area contributed by atoms with Crippen LogP contribution < -0.4 is 11.0 Å².